The molecule has 0 saturated heterocycles. The van der Waals surface area contributed by atoms with Gasteiger partial charge in [0.05, 0.1) is 14.2 Å². The van der Waals surface area contributed by atoms with Gasteiger partial charge in [-0.1, -0.05) is 19.1 Å². The van der Waals surface area contributed by atoms with Gasteiger partial charge in [0.2, 0.25) is 0 Å². The fourth-order valence-electron chi connectivity index (χ4n) is 2.04. The number of amides is 2. The zero-order valence-electron chi connectivity index (χ0n) is 14.4. The van der Waals surface area contributed by atoms with Gasteiger partial charge in [0.25, 0.3) is 11.8 Å². The van der Waals surface area contributed by atoms with Crippen LogP contribution in [0.25, 0.3) is 0 Å². The average Bonchev–Trinajstić information content (AvgIpc) is 2.57. The van der Waals surface area contributed by atoms with Crippen molar-refractivity contribution in [2.75, 3.05) is 27.2 Å². The molecule has 128 valence electrons. The van der Waals surface area contributed by atoms with E-state index in [1.54, 1.807) is 7.11 Å². The molecule has 1 rings (SSSR count). The Labute approximate surface area is 138 Å². The van der Waals surface area contributed by atoms with Crippen LogP contribution in [0.2, 0.25) is 0 Å². The van der Waals surface area contributed by atoms with Gasteiger partial charge in [0, 0.05) is 13.1 Å². The van der Waals surface area contributed by atoms with E-state index < -0.39 is 0 Å². The Kier molecular flexibility index (Phi) is 8.11. The van der Waals surface area contributed by atoms with Crippen molar-refractivity contribution in [3.8, 4) is 5.75 Å². The molecule has 3 N–H and O–H groups in total. The molecule has 23 heavy (non-hydrogen) atoms. The van der Waals surface area contributed by atoms with E-state index in [1.165, 1.54) is 0 Å². The van der Waals surface area contributed by atoms with E-state index >= 15 is 0 Å². The Morgan fingerprint density at radius 1 is 1.22 bits per heavy atom. The lowest BCUT2D eigenvalue weighted by Gasteiger charge is -2.20. The Hall–Kier alpha value is -2.08. The first-order valence-electron chi connectivity index (χ1n) is 7.97. The maximum Gasteiger partial charge on any atom is 0.278 e. The predicted molar refractivity (Wildman–Crippen MR) is 89.4 cm³/mol. The van der Waals surface area contributed by atoms with Gasteiger partial charge in [-0.3, -0.25) is 9.59 Å². The minimum atomic E-state index is -0.291. The van der Waals surface area contributed by atoms with Gasteiger partial charge in [-0.05, 0) is 31.0 Å². The maximum atomic E-state index is 12.2. The van der Waals surface area contributed by atoms with E-state index in [0.717, 1.165) is 22.6 Å². The number of hydrogen-bond donors (Lipinski definition) is 3. The van der Waals surface area contributed by atoms with Crippen molar-refractivity contribution in [1.29, 1.82) is 0 Å². The minimum absolute atomic E-state index is 0.0286. The van der Waals surface area contributed by atoms with E-state index in [0.29, 0.717) is 13.1 Å². The van der Waals surface area contributed by atoms with Gasteiger partial charge in [0.15, 0.2) is 12.6 Å². The summed E-state index contributed by atoms with van der Waals surface area (Å²) in [5.41, 5.74) is 1.00. The number of methoxy groups -OCH3 is 1. The number of rotatable bonds is 9. The van der Waals surface area contributed by atoms with E-state index in [4.69, 9.17) is 4.74 Å². The maximum absolute atomic E-state index is 12.2. The first kappa shape index (κ1) is 19.0. The highest BCUT2D eigenvalue weighted by Crippen LogP contribution is 2.10. The van der Waals surface area contributed by atoms with Crippen LogP contribution in [0.4, 0.5) is 0 Å². The van der Waals surface area contributed by atoms with Gasteiger partial charge in [-0.15, -0.1) is 0 Å². The monoisotopic (exact) mass is 322 g/mol. The Morgan fingerprint density at radius 3 is 2.43 bits per heavy atom. The number of carbonyl (C=O) groups is 2. The molecule has 0 saturated carbocycles. The van der Waals surface area contributed by atoms with Gasteiger partial charge in [0.1, 0.15) is 5.75 Å². The van der Waals surface area contributed by atoms with Crippen LogP contribution in [0.5, 0.6) is 5.75 Å². The number of nitrogens with one attached hydrogen (secondary N) is 3. The minimum Gasteiger partial charge on any atom is -0.497 e. The van der Waals surface area contributed by atoms with E-state index in [9.17, 15) is 9.59 Å². The lowest BCUT2D eigenvalue weighted by Crippen LogP contribution is -3.15. The highest BCUT2D eigenvalue weighted by atomic mass is 16.5. The molecule has 0 radical (unpaired) electrons. The van der Waals surface area contributed by atoms with E-state index in [1.807, 2.05) is 45.2 Å². The molecule has 1 aromatic rings. The van der Waals surface area contributed by atoms with Crippen molar-refractivity contribution in [1.82, 2.24) is 10.6 Å². The van der Waals surface area contributed by atoms with Crippen LogP contribution >= 0.6 is 0 Å². The van der Waals surface area contributed by atoms with E-state index in [-0.39, 0.29) is 24.4 Å². The second-order valence-electron chi connectivity index (χ2n) is 5.66. The number of ether oxygens (including phenoxy) is 1. The number of hydrogen-bond acceptors (Lipinski definition) is 3. The molecule has 0 aromatic heterocycles. The molecule has 2 amide bonds. The van der Waals surface area contributed by atoms with Crippen LogP contribution in [-0.2, 0) is 16.1 Å². The van der Waals surface area contributed by atoms with Crippen LogP contribution in [-0.4, -0.2) is 45.1 Å². The Bertz CT molecular complexity index is 502. The largest absolute Gasteiger partial charge is 0.497 e. The van der Waals surface area contributed by atoms with Crippen LogP contribution < -0.4 is 20.3 Å². The second-order valence-corrected chi connectivity index (χ2v) is 5.66. The molecule has 2 atom stereocenters. The Balaban J connectivity index is 2.41. The van der Waals surface area contributed by atoms with Crippen molar-refractivity contribution in [2.45, 2.75) is 32.9 Å². The number of carbonyl (C=O) groups excluding carboxylic acids is 2. The highest BCUT2D eigenvalue weighted by molar-refractivity contribution is 5.81. The van der Waals surface area contributed by atoms with Crippen molar-refractivity contribution in [3.63, 3.8) is 0 Å². The molecule has 0 bridgehead atoms. The molecule has 6 heteroatoms. The molecular weight excluding hydrogens is 294 g/mol. The summed E-state index contributed by atoms with van der Waals surface area (Å²) in [4.78, 5) is 24.8. The summed E-state index contributed by atoms with van der Waals surface area (Å²) in [6, 6.07) is 7.26. The third kappa shape index (κ3) is 6.69. The number of quaternary nitrogens is 1. The normalized spacial score (nSPS) is 13.0. The van der Waals surface area contributed by atoms with Crippen LogP contribution in [0, 0.1) is 0 Å². The first-order valence-corrected chi connectivity index (χ1v) is 7.97. The number of benzene rings is 1. The summed E-state index contributed by atoms with van der Waals surface area (Å²) in [5.74, 6) is 0.691. The summed E-state index contributed by atoms with van der Waals surface area (Å²) in [6.07, 6.45) is 0.905. The lowest BCUT2D eigenvalue weighted by molar-refractivity contribution is -0.886. The standard InChI is InChI=1S/C17H27N3O3/c1-5-10-18-16(21)12-20(3)13(2)17(22)19-11-14-6-8-15(23-4)9-7-14/h6-9,13H,5,10-12H2,1-4H3,(H,18,21)(H,19,22)/p+1/t13-/m0/s1. The van der Waals surface area contributed by atoms with Crippen molar-refractivity contribution in [3.05, 3.63) is 29.8 Å². The zero-order chi connectivity index (χ0) is 17.2. The fourth-order valence-corrected chi connectivity index (χ4v) is 2.04. The molecule has 1 unspecified atom stereocenters. The quantitative estimate of drug-likeness (QED) is 0.587. The molecular formula is C17H28N3O3+. The Morgan fingerprint density at radius 2 is 1.87 bits per heavy atom. The lowest BCUT2D eigenvalue weighted by atomic mass is 10.2. The van der Waals surface area contributed by atoms with Gasteiger partial charge in [-0.2, -0.15) is 0 Å². The molecule has 6 nitrogen and oxygen atoms in total. The predicted octanol–water partition coefficient (Wildman–Crippen LogP) is -0.259. The SMILES string of the molecule is CCCNC(=O)C[NH+](C)[C@@H](C)C(=O)NCc1ccc(OC)cc1. The highest BCUT2D eigenvalue weighted by Gasteiger charge is 2.23. The van der Waals surface area contributed by atoms with Gasteiger partial charge < -0.3 is 20.3 Å². The average molecular weight is 322 g/mol. The summed E-state index contributed by atoms with van der Waals surface area (Å²) in [7, 11) is 3.47. The molecule has 1 aromatic carbocycles. The summed E-state index contributed by atoms with van der Waals surface area (Å²) < 4.78 is 5.10. The van der Waals surface area contributed by atoms with Gasteiger partial charge in [-0.25, -0.2) is 0 Å². The molecule has 0 fully saturated rings. The summed E-state index contributed by atoms with van der Waals surface area (Å²) in [6.45, 7) is 5.25. The van der Waals surface area contributed by atoms with Crippen LogP contribution in [0.15, 0.2) is 24.3 Å². The third-order valence-corrected chi connectivity index (χ3v) is 3.77. The molecule has 0 heterocycles. The van der Waals surface area contributed by atoms with Crippen molar-refractivity contribution >= 4 is 11.8 Å². The number of likely N-dealkylation sites (N-methyl/N-ethyl adjacent to an activating group) is 1. The summed E-state index contributed by atoms with van der Waals surface area (Å²) >= 11 is 0. The molecule has 0 aliphatic rings. The molecule has 0 aliphatic carbocycles. The fraction of sp³-hybridized carbons (Fsp3) is 0.529. The van der Waals surface area contributed by atoms with Crippen LogP contribution in [0.3, 0.4) is 0 Å². The van der Waals surface area contributed by atoms with E-state index in [2.05, 4.69) is 10.6 Å². The second kappa shape index (κ2) is 9.84. The smallest absolute Gasteiger partial charge is 0.278 e. The summed E-state index contributed by atoms with van der Waals surface area (Å²) in [5, 5.41) is 5.72. The van der Waals surface area contributed by atoms with Crippen LogP contribution in [0.1, 0.15) is 25.8 Å². The third-order valence-electron chi connectivity index (χ3n) is 3.77. The molecule has 0 aliphatic heterocycles. The van der Waals surface area contributed by atoms with Crippen molar-refractivity contribution < 1.29 is 19.2 Å². The molecule has 0 spiro atoms. The zero-order valence-corrected chi connectivity index (χ0v) is 14.4. The van der Waals surface area contributed by atoms with Gasteiger partial charge >= 0.3 is 0 Å². The topological polar surface area (TPSA) is 71.9 Å². The first-order chi connectivity index (χ1) is 11.0. The van der Waals surface area contributed by atoms with Crippen molar-refractivity contribution in [2.24, 2.45) is 0 Å².